The van der Waals surface area contributed by atoms with Crippen LogP contribution in [0.5, 0.6) is 0 Å². The predicted octanol–water partition coefficient (Wildman–Crippen LogP) is 1.18. The Bertz CT molecular complexity index is 706. The number of carbonyl (C=O) groups is 1. The monoisotopic (exact) mass is 320 g/mol. The fraction of sp³-hybridized carbons (Fsp3) is 0.400. The van der Waals surface area contributed by atoms with Gasteiger partial charge in [0.15, 0.2) is 0 Å². The molecule has 8 heteroatoms. The lowest BCUT2D eigenvalue weighted by molar-refractivity contribution is 0.0943. The normalized spacial score (nSPS) is 19.8. The Morgan fingerprint density at radius 3 is 3.00 bits per heavy atom. The van der Waals surface area contributed by atoms with E-state index in [0.717, 1.165) is 12.8 Å². The molecule has 1 aliphatic heterocycles. The average molecular weight is 320 g/mol. The first-order chi connectivity index (χ1) is 11.1. The van der Waals surface area contributed by atoms with E-state index in [4.69, 9.17) is 10.3 Å². The maximum Gasteiger partial charge on any atom is 0.290 e. The van der Waals surface area contributed by atoms with Gasteiger partial charge in [-0.3, -0.25) is 9.69 Å². The summed E-state index contributed by atoms with van der Waals surface area (Å²) < 4.78 is 18.8. The van der Waals surface area contributed by atoms with E-state index in [9.17, 15) is 14.3 Å². The summed E-state index contributed by atoms with van der Waals surface area (Å²) in [5.74, 6) is -1.07. The van der Waals surface area contributed by atoms with E-state index in [0.29, 0.717) is 6.54 Å². The number of benzene rings is 1. The second kappa shape index (κ2) is 6.43. The Kier molecular flexibility index (Phi) is 4.35. The number of primary amides is 1. The number of hydrogen-bond acceptors (Lipinski definition) is 6. The van der Waals surface area contributed by atoms with Crippen molar-refractivity contribution < 1.29 is 18.8 Å². The molecule has 0 radical (unpaired) electrons. The number of nitrogens with zero attached hydrogens (tertiary/aromatic N) is 3. The molecule has 3 N–H and O–H groups in total. The molecule has 3 rings (SSSR count). The number of likely N-dealkylation sites (tertiary alicyclic amines) is 1. The van der Waals surface area contributed by atoms with E-state index < -0.39 is 17.8 Å². The molecule has 2 aromatic rings. The maximum atomic E-state index is 13.8. The van der Waals surface area contributed by atoms with Gasteiger partial charge >= 0.3 is 0 Å². The number of aliphatic hydroxyl groups excluding tert-OH is 1. The molecule has 122 valence electrons. The molecular weight excluding hydrogens is 303 g/mol. The lowest BCUT2D eigenvalue weighted by Gasteiger charge is -2.24. The van der Waals surface area contributed by atoms with Gasteiger partial charge in [-0.25, -0.2) is 4.39 Å². The van der Waals surface area contributed by atoms with Gasteiger partial charge in [0, 0.05) is 12.1 Å². The summed E-state index contributed by atoms with van der Waals surface area (Å²) in [5, 5.41) is 13.8. The number of aromatic nitrogens is 2. The topological polar surface area (TPSA) is 105 Å². The zero-order valence-corrected chi connectivity index (χ0v) is 12.4. The van der Waals surface area contributed by atoms with Crippen LogP contribution in [0.2, 0.25) is 0 Å². The number of hydrogen-bond donors (Lipinski definition) is 2. The van der Waals surface area contributed by atoms with Gasteiger partial charge in [0.1, 0.15) is 5.82 Å². The van der Waals surface area contributed by atoms with E-state index >= 15 is 0 Å². The van der Waals surface area contributed by atoms with Crippen molar-refractivity contribution in [3.63, 3.8) is 0 Å². The van der Waals surface area contributed by atoms with Gasteiger partial charge in [-0.05, 0) is 25.5 Å². The summed E-state index contributed by atoms with van der Waals surface area (Å²) in [6, 6.07) is 5.92. The molecule has 2 unspecified atom stereocenters. The fourth-order valence-electron chi connectivity index (χ4n) is 2.86. The van der Waals surface area contributed by atoms with E-state index in [1.165, 1.54) is 6.07 Å². The van der Waals surface area contributed by atoms with Gasteiger partial charge in [0.2, 0.25) is 5.89 Å². The number of rotatable bonds is 5. The molecule has 1 aliphatic rings. The lowest BCUT2D eigenvalue weighted by Crippen LogP contribution is -2.29. The Morgan fingerprint density at radius 2 is 2.30 bits per heavy atom. The van der Waals surface area contributed by atoms with Crippen LogP contribution >= 0.6 is 0 Å². The van der Waals surface area contributed by atoms with Crippen molar-refractivity contribution in [2.45, 2.75) is 25.0 Å². The molecule has 0 bridgehead atoms. The largest absolute Gasteiger partial charge is 0.387 e. The molecule has 2 atom stereocenters. The Balaban J connectivity index is 1.74. The van der Waals surface area contributed by atoms with E-state index in [2.05, 4.69) is 10.1 Å². The summed E-state index contributed by atoms with van der Waals surface area (Å²) in [6.45, 7) is 0.949. The molecule has 23 heavy (non-hydrogen) atoms. The highest BCUT2D eigenvalue weighted by atomic mass is 19.1. The number of carbonyl (C=O) groups excluding carboxylic acids is 1. The summed E-state index contributed by atoms with van der Waals surface area (Å²) in [5.41, 5.74) is 5.37. The summed E-state index contributed by atoms with van der Waals surface area (Å²) >= 11 is 0. The van der Waals surface area contributed by atoms with Crippen LogP contribution in [0.1, 0.15) is 47.1 Å². The third-order valence-electron chi connectivity index (χ3n) is 3.98. The number of amides is 1. The minimum Gasteiger partial charge on any atom is -0.387 e. The highest BCUT2D eigenvalue weighted by Crippen LogP contribution is 2.32. The molecule has 0 spiro atoms. The van der Waals surface area contributed by atoms with Gasteiger partial charge in [0.25, 0.3) is 11.7 Å². The standard InChI is InChI=1S/C15H17FN4O3/c16-10-5-2-1-4-9(10)12(21)8-20-7-3-6-11(20)15-18-14(13(17)22)19-23-15/h1-2,4-5,11-12,21H,3,6-8H2,(H2,17,22). The maximum absolute atomic E-state index is 13.8. The van der Waals surface area contributed by atoms with Crippen molar-refractivity contribution in [2.75, 3.05) is 13.1 Å². The van der Waals surface area contributed by atoms with Crippen LogP contribution in [0.3, 0.4) is 0 Å². The van der Waals surface area contributed by atoms with Gasteiger partial charge in [-0.1, -0.05) is 23.4 Å². The van der Waals surface area contributed by atoms with Gasteiger partial charge < -0.3 is 15.4 Å². The molecule has 0 aliphatic carbocycles. The van der Waals surface area contributed by atoms with Crippen LogP contribution < -0.4 is 5.73 Å². The van der Waals surface area contributed by atoms with Gasteiger partial charge in [-0.2, -0.15) is 4.98 Å². The van der Waals surface area contributed by atoms with Gasteiger partial charge in [-0.15, -0.1) is 0 Å². The molecular formula is C15H17FN4O3. The summed E-state index contributed by atoms with van der Waals surface area (Å²) in [6.07, 6.45) is 0.670. The SMILES string of the molecule is NC(=O)c1noc(C2CCCN2CC(O)c2ccccc2F)n1. The van der Waals surface area contributed by atoms with E-state index in [-0.39, 0.29) is 29.9 Å². The smallest absolute Gasteiger partial charge is 0.290 e. The minimum atomic E-state index is -0.963. The third-order valence-corrected chi connectivity index (χ3v) is 3.98. The van der Waals surface area contributed by atoms with E-state index in [1.807, 2.05) is 4.90 Å². The highest BCUT2D eigenvalue weighted by molar-refractivity contribution is 5.88. The molecule has 2 heterocycles. The molecule has 1 aromatic carbocycles. The lowest BCUT2D eigenvalue weighted by atomic mass is 10.1. The molecule has 1 fully saturated rings. The van der Waals surface area contributed by atoms with Crippen molar-refractivity contribution in [3.05, 3.63) is 47.4 Å². The first kappa shape index (κ1) is 15.6. The number of halogens is 1. The molecule has 1 amide bonds. The van der Waals surface area contributed by atoms with Crippen molar-refractivity contribution in [2.24, 2.45) is 5.73 Å². The van der Waals surface area contributed by atoms with Crippen LogP contribution in [0.4, 0.5) is 4.39 Å². The summed E-state index contributed by atoms with van der Waals surface area (Å²) in [7, 11) is 0. The third kappa shape index (κ3) is 3.22. The van der Waals surface area contributed by atoms with Crippen LogP contribution in [0.15, 0.2) is 28.8 Å². The van der Waals surface area contributed by atoms with Crippen LogP contribution in [-0.4, -0.2) is 39.1 Å². The van der Waals surface area contributed by atoms with E-state index in [1.54, 1.807) is 18.2 Å². The second-order valence-electron chi connectivity index (χ2n) is 5.51. The van der Waals surface area contributed by atoms with Crippen molar-refractivity contribution in [1.82, 2.24) is 15.0 Å². The van der Waals surface area contributed by atoms with Crippen molar-refractivity contribution >= 4 is 5.91 Å². The van der Waals surface area contributed by atoms with Crippen LogP contribution in [-0.2, 0) is 0 Å². The van der Waals surface area contributed by atoms with Crippen molar-refractivity contribution in [1.29, 1.82) is 0 Å². The Morgan fingerprint density at radius 1 is 1.52 bits per heavy atom. The molecule has 7 nitrogen and oxygen atoms in total. The predicted molar refractivity (Wildman–Crippen MR) is 77.7 cm³/mol. The molecule has 1 aromatic heterocycles. The second-order valence-corrected chi connectivity index (χ2v) is 5.51. The summed E-state index contributed by atoms with van der Waals surface area (Å²) in [4.78, 5) is 17.0. The van der Waals surface area contributed by atoms with Crippen LogP contribution in [0, 0.1) is 5.82 Å². The minimum absolute atomic E-state index is 0.165. The fourth-order valence-corrected chi connectivity index (χ4v) is 2.86. The molecule has 0 saturated carbocycles. The Hall–Kier alpha value is -2.32. The zero-order chi connectivity index (χ0) is 16.4. The quantitative estimate of drug-likeness (QED) is 0.857. The number of nitrogens with two attached hydrogens (primary N) is 1. The number of β-amino-alcohol motifs (C(OH)–C–C–N with tert-alkyl or cyclic N) is 1. The first-order valence-corrected chi connectivity index (χ1v) is 7.36. The van der Waals surface area contributed by atoms with Crippen LogP contribution in [0.25, 0.3) is 0 Å². The van der Waals surface area contributed by atoms with Gasteiger partial charge in [0.05, 0.1) is 12.1 Å². The molecule has 1 saturated heterocycles. The van der Waals surface area contributed by atoms with Crippen molar-refractivity contribution in [3.8, 4) is 0 Å². The highest BCUT2D eigenvalue weighted by Gasteiger charge is 2.33. The average Bonchev–Trinajstić information content (AvgIpc) is 3.16. The first-order valence-electron chi connectivity index (χ1n) is 7.36. The number of aliphatic hydroxyl groups is 1. The Labute approximate surface area is 131 Å². The zero-order valence-electron chi connectivity index (χ0n) is 12.4.